The van der Waals surface area contributed by atoms with Crippen LogP contribution in [0.4, 0.5) is 0 Å². The lowest BCUT2D eigenvalue weighted by atomic mass is 10.1. The quantitative estimate of drug-likeness (QED) is 0.555. The third kappa shape index (κ3) is 3.68. The van der Waals surface area contributed by atoms with Crippen LogP contribution >= 0.6 is 0 Å². The number of hydrogen-bond acceptors (Lipinski definition) is 6. The van der Waals surface area contributed by atoms with E-state index in [0.29, 0.717) is 11.4 Å². The van der Waals surface area contributed by atoms with Crippen molar-refractivity contribution in [3.63, 3.8) is 0 Å². The maximum atomic E-state index is 12.7. The average molecular weight is 372 g/mol. The maximum Gasteiger partial charge on any atom is 0.292 e. The van der Waals surface area contributed by atoms with E-state index < -0.39 is 11.5 Å². The summed E-state index contributed by atoms with van der Waals surface area (Å²) >= 11 is 0. The molecular formula is C20H16N6O2. The Morgan fingerprint density at radius 3 is 2.64 bits per heavy atom. The number of aromatic nitrogens is 3. The molecule has 0 radical (unpaired) electrons. The van der Waals surface area contributed by atoms with Crippen molar-refractivity contribution in [1.82, 2.24) is 20.2 Å². The first kappa shape index (κ1) is 18.7. The van der Waals surface area contributed by atoms with Crippen LogP contribution in [0.5, 0.6) is 0 Å². The highest BCUT2D eigenvalue weighted by Crippen LogP contribution is 2.13. The van der Waals surface area contributed by atoms with Gasteiger partial charge in [0.15, 0.2) is 5.69 Å². The number of carbonyl (C=O) groups excluding carboxylic acids is 1. The van der Waals surface area contributed by atoms with Crippen molar-refractivity contribution in [2.75, 3.05) is 0 Å². The molecule has 8 nitrogen and oxygen atoms in total. The molecule has 28 heavy (non-hydrogen) atoms. The van der Waals surface area contributed by atoms with E-state index in [2.05, 4.69) is 20.6 Å². The Morgan fingerprint density at radius 2 is 1.96 bits per heavy atom. The fraction of sp³-hybridized carbons (Fsp3) is 0.100. The molecule has 0 aliphatic carbocycles. The molecule has 3 rings (SSSR count). The molecule has 0 unspecified atom stereocenters. The first-order valence-corrected chi connectivity index (χ1v) is 8.37. The number of amides is 1. The van der Waals surface area contributed by atoms with Crippen molar-refractivity contribution in [2.24, 2.45) is 5.10 Å². The fourth-order valence-corrected chi connectivity index (χ4v) is 2.58. The summed E-state index contributed by atoms with van der Waals surface area (Å²) in [6.45, 7) is 3.32. The van der Waals surface area contributed by atoms with Gasteiger partial charge in [0.1, 0.15) is 11.6 Å². The van der Waals surface area contributed by atoms with Gasteiger partial charge in [-0.05, 0) is 37.6 Å². The number of nitriles is 1. The van der Waals surface area contributed by atoms with Gasteiger partial charge in [0.05, 0.1) is 17.6 Å². The number of pyridine rings is 1. The van der Waals surface area contributed by atoms with E-state index in [4.69, 9.17) is 0 Å². The van der Waals surface area contributed by atoms with Crippen molar-refractivity contribution in [3.8, 4) is 11.8 Å². The van der Waals surface area contributed by atoms with Gasteiger partial charge in [-0.3, -0.25) is 14.6 Å². The molecule has 0 bridgehead atoms. The van der Waals surface area contributed by atoms with Crippen LogP contribution in [-0.4, -0.2) is 26.9 Å². The number of hydrogen-bond donors (Lipinski definition) is 1. The predicted octanol–water partition coefficient (Wildman–Crippen LogP) is 1.88. The Balaban J connectivity index is 2.01. The van der Waals surface area contributed by atoms with Crippen LogP contribution in [0.1, 0.15) is 32.9 Å². The van der Waals surface area contributed by atoms with Crippen molar-refractivity contribution >= 4 is 12.1 Å². The largest absolute Gasteiger partial charge is 0.292 e. The number of carbonyl (C=O) groups is 1. The van der Waals surface area contributed by atoms with Gasteiger partial charge in [0.2, 0.25) is 0 Å². The lowest BCUT2D eigenvalue weighted by molar-refractivity contribution is 0.0947. The molecule has 0 aliphatic rings. The summed E-state index contributed by atoms with van der Waals surface area (Å²) in [7, 11) is 0. The summed E-state index contributed by atoms with van der Waals surface area (Å²) < 4.78 is 1.07. The Morgan fingerprint density at radius 1 is 1.21 bits per heavy atom. The zero-order valence-corrected chi connectivity index (χ0v) is 15.2. The lowest BCUT2D eigenvalue weighted by Crippen LogP contribution is -2.31. The van der Waals surface area contributed by atoms with Gasteiger partial charge >= 0.3 is 0 Å². The molecule has 0 atom stereocenters. The summed E-state index contributed by atoms with van der Waals surface area (Å²) in [6.07, 6.45) is 2.99. The Kier molecular flexibility index (Phi) is 5.37. The number of benzene rings is 1. The Bertz CT molecular complexity index is 1160. The van der Waals surface area contributed by atoms with Gasteiger partial charge < -0.3 is 0 Å². The number of para-hydroxylation sites is 1. The molecule has 1 aromatic carbocycles. The van der Waals surface area contributed by atoms with Gasteiger partial charge in [-0.25, -0.2) is 5.43 Å². The second-order valence-corrected chi connectivity index (χ2v) is 5.92. The van der Waals surface area contributed by atoms with E-state index in [-0.39, 0.29) is 16.8 Å². The summed E-state index contributed by atoms with van der Waals surface area (Å²) in [5, 5.41) is 17.5. The van der Waals surface area contributed by atoms with Crippen LogP contribution in [0.2, 0.25) is 0 Å². The highest BCUT2D eigenvalue weighted by Gasteiger charge is 2.20. The zero-order valence-electron chi connectivity index (χ0n) is 15.2. The molecule has 0 spiro atoms. The lowest BCUT2D eigenvalue weighted by Gasteiger charge is -2.12. The fourth-order valence-electron chi connectivity index (χ4n) is 2.58. The third-order valence-electron chi connectivity index (χ3n) is 4.06. The van der Waals surface area contributed by atoms with E-state index in [9.17, 15) is 14.9 Å². The van der Waals surface area contributed by atoms with Crippen molar-refractivity contribution < 1.29 is 4.79 Å². The minimum Gasteiger partial charge on any atom is -0.266 e. The predicted molar refractivity (Wildman–Crippen MR) is 103 cm³/mol. The van der Waals surface area contributed by atoms with Crippen LogP contribution in [-0.2, 0) is 0 Å². The highest BCUT2D eigenvalue weighted by atomic mass is 16.2. The average Bonchev–Trinajstić information content (AvgIpc) is 2.70. The number of nitrogens with one attached hydrogen (secondary N) is 1. The smallest absolute Gasteiger partial charge is 0.266 e. The van der Waals surface area contributed by atoms with Crippen LogP contribution in [0.15, 0.2) is 58.6 Å². The Hall–Kier alpha value is -4.12. The zero-order chi connectivity index (χ0) is 20.1. The monoisotopic (exact) mass is 372 g/mol. The first-order chi connectivity index (χ1) is 13.5. The van der Waals surface area contributed by atoms with Crippen LogP contribution < -0.4 is 11.0 Å². The first-order valence-electron chi connectivity index (χ1n) is 8.37. The van der Waals surface area contributed by atoms with Gasteiger partial charge in [-0.15, -0.1) is 0 Å². The Labute approximate surface area is 160 Å². The topological polar surface area (TPSA) is 113 Å². The van der Waals surface area contributed by atoms with Crippen LogP contribution in [0.3, 0.4) is 0 Å². The minimum absolute atomic E-state index is 0.0578. The highest BCUT2D eigenvalue weighted by molar-refractivity contribution is 5.94. The molecule has 1 amide bonds. The summed E-state index contributed by atoms with van der Waals surface area (Å²) in [4.78, 5) is 29.3. The number of aryl methyl sites for hydroxylation is 1. The van der Waals surface area contributed by atoms with E-state index in [1.807, 2.05) is 25.1 Å². The molecule has 2 heterocycles. The van der Waals surface area contributed by atoms with Crippen molar-refractivity contribution in [1.29, 1.82) is 5.26 Å². The standard InChI is InChI=1S/C20H16N6O2/c1-13-7-3-4-9-17(13)26-20(28)16(11-21)14(2)18(25-26)19(27)24-23-12-15-8-5-6-10-22-15/h3-10,12H,1-2H3,(H,24,27)/b23-12-. The number of nitrogens with zero attached hydrogens (tertiary/aromatic N) is 5. The molecule has 1 N–H and O–H groups in total. The van der Waals surface area contributed by atoms with Gasteiger partial charge in [-0.2, -0.15) is 20.1 Å². The summed E-state index contributed by atoms with van der Waals surface area (Å²) in [5.74, 6) is -0.636. The van der Waals surface area contributed by atoms with E-state index in [1.54, 1.807) is 36.5 Å². The van der Waals surface area contributed by atoms with E-state index in [0.717, 1.165) is 10.2 Å². The number of rotatable bonds is 4. The molecule has 8 heteroatoms. The molecule has 2 aromatic heterocycles. The second-order valence-electron chi connectivity index (χ2n) is 5.92. The van der Waals surface area contributed by atoms with Crippen LogP contribution in [0, 0.1) is 25.2 Å². The normalized spacial score (nSPS) is 10.6. The SMILES string of the molecule is Cc1ccccc1-n1nc(C(=O)N/N=C\c2ccccn2)c(C)c(C#N)c1=O. The molecule has 0 saturated heterocycles. The molecule has 0 aliphatic heterocycles. The van der Waals surface area contributed by atoms with Gasteiger partial charge in [0, 0.05) is 11.8 Å². The van der Waals surface area contributed by atoms with E-state index in [1.165, 1.54) is 13.1 Å². The second kappa shape index (κ2) is 8.05. The maximum absolute atomic E-state index is 12.7. The van der Waals surface area contributed by atoms with Crippen molar-refractivity contribution in [2.45, 2.75) is 13.8 Å². The summed E-state index contributed by atoms with van der Waals surface area (Å²) in [6, 6.07) is 14.2. The van der Waals surface area contributed by atoms with Crippen LogP contribution in [0.25, 0.3) is 5.69 Å². The van der Waals surface area contributed by atoms with Crippen molar-refractivity contribution in [3.05, 3.63) is 87.1 Å². The molecule has 0 fully saturated rings. The van der Waals surface area contributed by atoms with E-state index >= 15 is 0 Å². The van der Waals surface area contributed by atoms with Gasteiger partial charge in [0.25, 0.3) is 11.5 Å². The molecule has 3 aromatic rings. The van der Waals surface area contributed by atoms with Gasteiger partial charge in [-0.1, -0.05) is 24.3 Å². The number of hydrazone groups is 1. The molecule has 138 valence electrons. The molecule has 0 saturated carbocycles. The summed E-state index contributed by atoms with van der Waals surface area (Å²) in [5.41, 5.74) is 3.61. The molecular weight excluding hydrogens is 356 g/mol. The minimum atomic E-state index is -0.636. The third-order valence-corrected chi connectivity index (χ3v) is 4.06.